The van der Waals surface area contributed by atoms with Crippen LogP contribution in [0.3, 0.4) is 0 Å². The van der Waals surface area contributed by atoms with Crippen molar-refractivity contribution in [1.82, 2.24) is 5.32 Å². The molecule has 1 amide bonds. The first-order valence-corrected chi connectivity index (χ1v) is 7.73. The molecular weight excluding hydrogens is 258 g/mol. The van der Waals surface area contributed by atoms with Crippen LogP contribution in [0.25, 0.3) is 0 Å². The second-order valence-corrected chi connectivity index (χ2v) is 6.42. The Hall–Kier alpha value is -1.31. The van der Waals surface area contributed by atoms with E-state index in [0.717, 1.165) is 6.26 Å². The maximum atomic E-state index is 12.0. The van der Waals surface area contributed by atoms with Crippen LogP contribution in [0.1, 0.15) is 26.7 Å². The SMILES string of the molecule is CCC(CC)(C(=O)NCCS(C)(=O)=O)C(N)=NO. The molecule has 0 aromatic carbocycles. The maximum absolute atomic E-state index is 12.0. The van der Waals surface area contributed by atoms with Crippen molar-refractivity contribution in [2.24, 2.45) is 16.3 Å². The highest BCUT2D eigenvalue weighted by molar-refractivity contribution is 7.90. The molecule has 0 saturated heterocycles. The Bertz CT molecular complexity index is 413. The average molecular weight is 279 g/mol. The average Bonchev–Trinajstić information content (AvgIpc) is 2.29. The molecule has 0 unspecified atom stereocenters. The van der Waals surface area contributed by atoms with Gasteiger partial charge in [-0.05, 0) is 12.8 Å². The zero-order valence-electron chi connectivity index (χ0n) is 10.9. The number of nitrogens with one attached hydrogen (secondary N) is 1. The van der Waals surface area contributed by atoms with E-state index in [9.17, 15) is 13.2 Å². The van der Waals surface area contributed by atoms with Crippen molar-refractivity contribution >= 4 is 21.6 Å². The molecule has 0 aliphatic rings. The van der Waals surface area contributed by atoms with Gasteiger partial charge in [-0.15, -0.1) is 0 Å². The Kier molecular flexibility index (Phi) is 6.10. The molecule has 106 valence electrons. The van der Waals surface area contributed by atoms with Crippen LogP contribution < -0.4 is 11.1 Å². The van der Waals surface area contributed by atoms with Crippen molar-refractivity contribution in [1.29, 1.82) is 0 Å². The molecule has 7 nitrogen and oxygen atoms in total. The summed E-state index contributed by atoms with van der Waals surface area (Å²) in [5.41, 5.74) is 4.46. The number of sulfone groups is 1. The number of amides is 1. The van der Waals surface area contributed by atoms with Crippen molar-refractivity contribution in [2.45, 2.75) is 26.7 Å². The third-order valence-corrected chi connectivity index (χ3v) is 3.94. The standard InChI is InChI=1S/C10H21N3O4S/c1-4-10(5-2,8(11)13-15)9(14)12-6-7-18(3,16)17/h15H,4-7H2,1-3H3,(H2,11,13)(H,12,14). The zero-order chi connectivity index (χ0) is 14.4. The van der Waals surface area contributed by atoms with Crippen LogP contribution in [0.15, 0.2) is 5.16 Å². The molecule has 0 radical (unpaired) electrons. The number of nitrogens with zero attached hydrogens (tertiary/aromatic N) is 1. The quantitative estimate of drug-likeness (QED) is 0.255. The second kappa shape index (κ2) is 6.58. The number of hydrogen-bond donors (Lipinski definition) is 3. The number of hydrogen-bond acceptors (Lipinski definition) is 5. The lowest BCUT2D eigenvalue weighted by Crippen LogP contribution is -2.50. The first kappa shape index (κ1) is 16.7. The molecule has 8 heteroatoms. The minimum Gasteiger partial charge on any atom is -0.409 e. The highest BCUT2D eigenvalue weighted by Crippen LogP contribution is 2.26. The van der Waals surface area contributed by atoms with Gasteiger partial charge in [0.05, 0.1) is 5.75 Å². The summed E-state index contributed by atoms with van der Waals surface area (Å²) in [6, 6.07) is 0. The van der Waals surface area contributed by atoms with Crippen LogP contribution in [0.5, 0.6) is 0 Å². The van der Waals surface area contributed by atoms with Crippen LogP contribution >= 0.6 is 0 Å². The Morgan fingerprint density at radius 1 is 1.39 bits per heavy atom. The van der Waals surface area contributed by atoms with Crippen molar-refractivity contribution in [3.8, 4) is 0 Å². The first-order chi connectivity index (χ1) is 8.23. The van der Waals surface area contributed by atoms with Crippen molar-refractivity contribution in [2.75, 3.05) is 18.6 Å². The van der Waals surface area contributed by atoms with E-state index in [1.165, 1.54) is 0 Å². The van der Waals surface area contributed by atoms with Crippen LogP contribution in [0.2, 0.25) is 0 Å². The predicted molar refractivity (Wildman–Crippen MR) is 69.1 cm³/mol. The van der Waals surface area contributed by atoms with Crippen molar-refractivity contribution in [3.63, 3.8) is 0 Å². The molecule has 0 aliphatic heterocycles. The molecule has 18 heavy (non-hydrogen) atoms. The second-order valence-electron chi connectivity index (χ2n) is 4.16. The molecule has 0 heterocycles. The van der Waals surface area contributed by atoms with E-state index < -0.39 is 21.2 Å². The molecule has 4 N–H and O–H groups in total. The van der Waals surface area contributed by atoms with E-state index >= 15 is 0 Å². The summed E-state index contributed by atoms with van der Waals surface area (Å²) in [6.07, 6.45) is 1.82. The molecule has 0 fully saturated rings. The van der Waals surface area contributed by atoms with Gasteiger partial charge in [-0.25, -0.2) is 8.42 Å². The Balaban J connectivity index is 4.80. The summed E-state index contributed by atoms with van der Waals surface area (Å²) in [4.78, 5) is 12.0. The number of amidine groups is 1. The summed E-state index contributed by atoms with van der Waals surface area (Å²) < 4.78 is 21.9. The molecule has 0 spiro atoms. The largest absolute Gasteiger partial charge is 0.409 e. The molecule has 0 saturated carbocycles. The maximum Gasteiger partial charge on any atom is 0.233 e. The first-order valence-electron chi connectivity index (χ1n) is 5.67. The summed E-state index contributed by atoms with van der Waals surface area (Å²) in [7, 11) is -3.13. The van der Waals surface area contributed by atoms with E-state index in [2.05, 4.69) is 10.5 Å². The van der Waals surface area contributed by atoms with Crippen LogP contribution in [0, 0.1) is 5.41 Å². The third kappa shape index (κ3) is 4.17. The Morgan fingerprint density at radius 2 is 1.89 bits per heavy atom. The number of carbonyl (C=O) groups is 1. The molecule has 0 atom stereocenters. The monoisotopic (exact) mass is 279 g/mol. The summed E-state index contributed by atoms with van der Waals surface area (Å²) in [6.45, 7) is 3.51. The fraction of sp³-hybridized carbons (Fsp3) is 0.800. The van der Waals surface area contributed by atoms with Crippen LogP contribution in [-0.4, -0.2) is 43.9 Å². The van der Waals surface area contributed by atoms with Gasteiger partial charge in [-0.1, -0.05) is 19.0 Å². The smallest absolute Gasteiger partial charge is 0.233 e. The highest BCUT2D eigenvalue weighted by atomic mass is 32.2. The van der Waals surface area contributed by atoms with Crippen LogP contribution in [-0.2, 0) is 14.6 Å². The van der Waals surface area contributed by atoms with E-state index in [4.69, 9.17) is 10.9 Å². The lowest BCUT2D eigenvalue weighted by atomic mass is 9.80. The zero-order valence-corrected chi connectivity index (χ0v) is 11.7. The summed E-state index contributed by atoms with van der Waals surface area (Å²) in [5.74, 6) is -0.728. The van der Waals surface area contributed by atoms with E-state index in [1.54, 1.807) is 13.8 Å². The molecule has 0 bridgehead atoms. The molecule has 0 aromatic rings. The van der Waals surface area contributed by atoms with Gasteiger partial charge in [0.2, 0.25) is 5.91 Å². The van der Waals surface area contributed by atoms with E-state index in [0.29, 0.717) is 12.8 Å². The molecule has 0 aromatic heterocycles. The molecule has 0 rings (SSSR count). The Labute approximate surface area is 107 Å². The minimum atomic E-state index is -3.13. The number of carbonyl (C=O) groups excluding carboxylic acids is 1. The van der Waals surface area contributed by atoms with Gasteiger partial charge in [-0.2, -0.15) is 0 Å². The van der Waals surface area contributed by atoms with Crippen molar-refractivity contribution in [3.05, 3.63) is 0 Å². The third-order valence-electron chi connectivity index (χ3n) is 3.00. The fourth-order valence-electron chi connectivity index (χ4n) is 1.66. The fourth-order valence-corrected chi connectivity index (χ4v) is 2.14. The van der Waals surface area contributed by atoms with Gasteiger partial charge < -0.3 is 16.3 Å². The van der Waals surface area contributed by atoms with Gasteiger partial charge >= 0.3 is 0 Å². The van der Waals surface area contributed by atoms with Gasteiger partial charge in [0.25, 0.3) is 0 Å². The minimum absolute atomic E-state index is 0.0120. The van der Waals surface area contributed by atoms with Gasteiger partial charge in [0.15, 0.2) is 5.84 Å². The Morgan fingerprint density at radius 3 is 2.22 bits per heavy atom. The molecule has 0 aliphatic carbocycles. The van der Waals surface area contributed by atoms with Gasteiger partial charge in [-0.3, -0.25) is 4.79 Å². The predicted octanol–water partition coefficient (Wildman–Crippen LogP) is -0.300. The summed E-state index contributed by atoms with van der Waals surface area (Å²) in [5, 5.41) is 14.1. The van der Waals surface area contributed by atoms with E-state index in [-0.39, 0.29) is 18.1 Å². The lowest BCUT2D eigenvalue weighted by Gasteiger charge is -2.28. The highest BCUT2D eigenvalue weighted by Gasteiger charge is 2.39. The molecular formula is C10H21N3O4S. The summed E-state index contributed by atoms with van der Waals surface area (Å²) >= 11 is 0. The van der Waals surface area contributed by atoms with Crippen LogP contribution in [0.4, 0.5) is 0 Å². The normalized spacial score (nSPS) is 13.4. The number of nitrogens with two attached hydrogens (primary N) is 1. The topological polar surface area (TPSA) is 122 Å². The van der Waals surface area contributed by atoms with Gasteiger partial charge in [0.1, 0.15) is 15.3 Å². The lowest BCUT2D eigenvalue weighted by molar-refractivity contribution is -0.127. The number of rotatable bonds is 7. The van der Waals surface area contributed by atoms with E-state index in [1.807, 2.05) is 0 Å². The van der Waals surface area contributed by atoms with Crippen molar-refractivity contribution < 1.29 is 18.4 Å². The van der Waals surface area contributed by atoms with Gasteiger partial charge in [0, 0.05) is 12.8 Å². The number of oxime groups is 1.